The van der Waals surface area contributed by atoms with E-state index in [1.165, 1.54) is 0 Å². The molecule has 0 fully saturated rings. The molecule has 0 aromatic carbocycles. The summed E-state index contributed by atoms with van der Waals surface area (Å²) in [5.41, 5.74) is 3.80. The van der Waals surface area contributed by atoms with Gasteiger partial charge in [-0.3, -0.25) is 15.0 Å². The molecule has 0 aliphatic heterocycles. The lowest BCUT2D eigenvalue weighted by Gasteiger charge is -2.24. The maximum Gasteiger partial charge on any atom is 0.130 e. The molecule has 0 saturated heterocycles. The fraction of sp³-hybridized carbons (Fsp3) is 0.0476. The van der Waals surface area contributed by atoms with Crippen LogP contribution in [0.15, 0.2) is 91.8 Å². The predicted molar refractivity (Wildman–Crippen MR) is 106 cm³/mol. The molecule has 4 aromatic heterocycles. The third-order valence-corrected chi connectivity index (χ3v) is 3.98. The van der Waals surface area contributed by atoms with Gasteiger partial charge in [-0.25, -0.2) is 4.98 Å². The standard InChI is InChI=1S/C21H18N6/c1-5-18(26-21(9-1)25-17-6-2-10-22-13-17)16-27(19-7-3-11-23-14-19)20-8-4-12-24-15-20/h1-15H,16H2,(H,25,26). The van der Waals surface area contributed by atoms with E-state index >= 15 is 0 Å². The van der Waals surface area contributed by atoms with Crippen molar-refractivity contribution in [1.82, 2.24) is 19.9 Å². The second-order valence-electron chi connectivity index (χ2n) is 5.89. The first-order chi connectivity index (χ1) is 13.4. The number of nitrogens with one attached hydrogen (secondary N) is 1. The molecule has 0 amide bonds. The van der Waals surface area contributed by atoms with Crippen LogP contribution < -0.4 is 10.2 Å². The fourth-order valence-electron chi connectivity index (χ4n) is 2.74. The second kappa shape index (κ2) is 8.05. The van der Waals surface area contributed by atoms with Gasteiger partial charge in [-0.1, -0.05) is 6.07 Å². The molecule has 6 nitrogen and oxygen atoms in total. The first kappa shape index (κ1) is 16.7. The van der Waals surface area contributed by atoms with E-state index in [2.05, 4.69) is 25.2 Å². The molecule has 0 aliphatic carbocycles. The zero-order valence-electron chi connectivity index (χ0n) is 14.6. The van der Waals surface area contributed by atoms with Gasteiger partial charge in [-0.05, 0) is 48.5 Å². The SMILES string of the molecule is c1cncc(Nc2cccc(CN(c3cccnc3)c3cccnc3)n2)c1. The first-order valence-electron chi connectivity index (χ1n) is 8.59. The van der Waals surface area contributed by atoms with Crippen LogP contribution in [0.5, 0.6) is 0 Å². The second-order valence-corrected chi connectivity index (χ2v) is 5.89. The summed E-state index contributed by atoms with van der Waals surface area (Å²) >= 11 is 0. The summed E-state index contributed by atoms with van der Waals surface area (Å²) in [7, 11) is 0. The van der Waals surface area contributed by atoms with Gasteiger partial charge in [-0.15, -0.1) is 0 Å². The molecule has 4 heterocycles. The Balaban J connectivity index is 1.61. The van der Waals surface area contributed by atoms with Crippen molar-refractivity contribution in [3.8, 4) is 0 Å². The quantitative estimate of drug-likeness (QED) is 0.555. The summed E-state index contributed by atoms with van der Waals surface area (Å²) in [6.07, 6.45) is 10.7. The molecule has 1 N–H and O–H groups in total. The Labute approximate surface area is 157 Å². The summed E-state index contributed by atoms with van der Waals surface area (Å²) in [6.45, 7) is 0.597. The lowest BCUT2D eigenvalue weighted by atomic mass is 10.2. The van der Waals surface area contributed by atoms with Gasteiger partial charge in [0.05, 0.1) is 47.9 Å². The Morgan fingerprint density at radius 3 is 1.96 bits per heavy atom. The van der Waals surface area contributed by atoms with Gasteiger partial charge in [0.1, 0.15) is 5.82 Å². The maximum atomic E-state index is 4.74. The van der Waals surface area contributed by atoms with Crippen molar-refractivity contribution in [3.05, 3.63) is 97.5 Å². The van der Waals surface area contributed by atoms with E-state index in [-0.39, 0.29) is 0 Å². The van der Waals surface area contributed by atoms with E-state index in [1.54, 1.807) is 24.8 Å². The molecule has 132 valence electrons. The number of aromatic nitrogens is 4. The number of nitrogens with zero attached hydrogens (tertiary/aromatic N) is 5. The number of hydrogen-bond acceptors (Lipinski definition) is 6. The van der Waals surface area contributed by atoms with Gasteiger partial charge < -0.3 is 10.2 Å². The van der Waals surface area contributed by atoms with Crippen LogP contribution in [-0.4, -0.2) is 19.9 Å². The molecule has 6 heteroatoms. The van der Waals surface area contributed by atoms with Crippen LogP contribution in [0.2, 0.25) is 0 Å². The van der Waals surface area contributed by atoms with Gasteiger partial charge in [0.2, 0.25) is 0 Å². The summed E-state index contributed by atoms with van der Waals surface area (Å²) in [6, 6.07) is 17.7. The van der Waals surface area contributed by atoms with Crippen molar-refractivity contribution in [2.24, 2.45) is 0 Å². The molecule has 4 aromatic rings. The molecule has 0 spiro atoms. The Morgan fingerprint density at radius 1 is 0.704 bits per heavy atom. The van der Waals surface area contributed by atoms with Crippen molar-refractivity contribution in [2.75, 3.05) is 10.2 Å². The minimum absolute atomic E-state index is 0.597. The van der Waals surface area contributed by atoms with Crippen molar-refractivity contribution in [3.63, 3.8) is 0 Å². The molecular weight excluding hydrogens is 336 g/mol. The largest absolute Gasteiger partial charge is 0.339 e. The van der Waals surface area contributed by atoms with Crippen LogP contribution in [0.4, 0.5) is 22.9 Å². The van der Waals surface area contributed by atoms with Gasteiger partial charge >= 0.3 is 0 Å². The van der Waals surface area contributed by atoms with Gasteiger partial charge in [-0.2, -0.15) is 0 Å². The number of rotatable bonds is 6. The Bertz CT molecular complexity index is 937. The number of hydrogen-bond donors (Lipinski definition) is 1. The summed E-state index contributed by atoms with van der Waals surface area (Å²) in [5, 5.41) is 3.28. The fourth-order valence-corrected chi connectivity index (χ4v) is 2.74. The topological polar surface area (TPSA) is 66.8 Å². The van der Waals surface area contributed by atoms with Crippen LogP contribution in [0, 0.1) is 0 Å². The number of pyridine rings is 4. The van der Waals surface area contributed by atoms with E-state index in [1.807, 2.05) is 67.0 Å². The average molecular weight is 354 g/mol. The monoisotopic (exact) mass is 354 g/mol. The highest BCUT2D eigenvalue weighted by Gasteiger charge is 2.11. The van der Waals surface area contributed by atoms with Crippen LogP contribution in [0.3, 0.4) is 0 Å². The minimum atomic E-state index is 0.597. The summed E-state index contributed by atoms with van der Waals surface area (Å²) in [4.78, 5) is 19.5. The first-order valence-corrected chi connectivity index (χ1v) is 8.59. The van der Waals surface area contributed by atoms with Crippen molar-refractivity contribution in [1.29, 1.82) is 0 Å². The molecule has 4 rings (SSSR count). The van der Waals surface area contributed by atoms with Gasteiger partial charge in [0, 0.05) is 18.6 Å². The molecule has 0 atom stereocenters. The molecule has 0 aliphatic rings. The molecule has 0 bridgehead atoms. The third kappa shape index (κ3) is 4.24. The molecule has 0 radical (unpaired) electrons. The van der Waals surface area contributed by atoms with E-state index in [0.717, 1.165) is 28.6 Å². The van der Waals surface area contributed by atoms with Crippen molar-refractivity contribution < 1.29 is 0 Å². The van der Waals surface area contributed by atoms with Crippen LogP contribution >= 0.6 is 0 Å². The maximum absolute atomic E-state index is 4.74. The van der Waals surface area contributed by atoms with E-state index < -0.39 is 0 Å². The molecule has 0 unspecified atom stereocenters. The molecule has 27 heavy (non-hydrogen) atoms. The van der Waals surface area contributed by atoms with E-state index in [9.17, 15) is 0 Å². The molecular formula is C21H18N6. The average Bonchev–Trinajstić information content (AvgIpc) is 2.74. The third-order valence-electron chi connectivity index (χ3n) is 3.98. The van der Waals surface area contributed by atoms with E-state index in [4.69, 9.17) is 4.98 Å². The Hall–Kier alpha value is -3.80. The zero-order chi connectivity index (χ0) is 18.3. The van der Waals surface area contributed by atoms with Crippen LogP contribution in [0.25, 0.3) is 0 Å². The lowest BCUT2D eigenvalue weighted by Crippen LogP contribution is -2.17. The highest BCUT2D eigenvalue weighted by molar-refractivity contribution is 5.61. The zero-order valence-corrected chi connectivity index (χ0v) is 14.6. The van der Waals surface area contributed by atoms with Crippen LogP contribution in [0.1, 0.15) is 5.69 Å². The van der Waals surface area contributed by atoms with Crippen molar-refractivity contribution >= 4 is 22.9 Å². The smallest absolute Gasteiger partial charge is 0.130 e. The summed E-state index contributed by atoms with van der Waals surface area (Å²) < 4.78 is 0. The van der Waals surface area contributed by atoms with Gasteiger partial charge in [0.25, 0.3) is 0 Å². The highest BCUT2D eigenvalue weighted by Crippen LogP contribution is 2.26. The van der Waals surface area contributed by atoms with Crippen LogP contribution in [-0.2, 0) is 6.54 Å². The van der Waals surface area contributed by atoms with E-state index in [0.29, 0.717) is 6.54 Å². The lowest BCUT2D eigenvalue weighted by molar-refractivity contribution is 0.921. The summed E-state index contributed by atoms with van der Waals surface area (Å²) in [5.74, 6) is 0.776. The Morgan fingerprint density at radius 2 is 1.37 bits per heavy atom. The Kier molecular flexibility index (Phi) is 4.97. The highest BCUT2D eigenvalue weighted by atomic mass is 15.2. The predicted octanol–water partition coefficient (Wildman–Crippen LogP) is 4.35. The van der Waals surface area contributed by atoms with Gasteiger partial charge in [0.15, 0.2) is 0 Å². The molecule has 0 saturated carbocycles. The normalized spacial score (nSPS) is 10.4. The van der Waals surface area contributed by atoms with Crippen molar-refractivity contribution in [2.45, 2.75) is 6.54 Å². The minimum Gasteiger partial charge on any atom is -0.339 e. The number of anilines is 4.